The van der Waals surface area contributed by atoms with Crippen molar-refractivity contribution in [3.63, 3.8) is 0 Å². The Bertz CT molecular complexity index is 1430. The minimum atomic E-state index is -3.81. The smallest absolute Gasteiger partial charge is 0.261 e. The maximum absolute atomic E-state index is 13.1. The molecule has 3 heterocycles. The Morgan fingerprint density at radius 3 is 2.59 bits per heavy atom. The number of aromatic nitrogens is 3. The van der Waals surface area contributed by atoms with E-state index in [-0.39, 0.29) is 4.90 Å². The number of morpholine rings is 1. The number of benzene rings is 2. The molecule has 0 atom stereocenters. The Balaban J connectivity index is 1.54. The molecule has 5 rings (SSSR count). The molecule has 1 saturated heterocycles. The number of nitrogens with one attached hydrogen (secondary N) is 2. The summed E-state index contributed by atoms with van der Waals surface area (Å²) in [4.78, 5) is 6.80. The van der Waals surface area contributed by atoms with Crippen LogP contribution in [0.15, 0.2) is 59.6 Å². The number of hydrogen-bond donors (Lipinski definition) is 2. The predicted molar refractivity (Wildman–Crippen MR) is 131 cm³/mol. The van der Waals surface area contributed by atoms with Crippen LogP contribution in [0.1, 0.15) is 5.56 Å². The number of sulfonamides is 1. The third-order valence-electron chi connectivity index (χ3n) is 5.80. The van der Waals surface area contributed by atoms with Crippen molar-refractivity contribution in [1.29, 1.82) is 0 Å². The van der Waals surface area contributed by atoms with Crippen LogP contribution in [0.4, 0.5) is 11.5 Å². The molecular weight excluding hydrogens is 454 g/mol. The van der Waals surface area contributed by atoms with Crippen LogP contribution < -0.4 is 14.4 Å². The number of anilines is 2. The van der Waals surface area contributed by atoms with Crippen molar-refractivity contribution in [2.45, 2.75) is 11.8 Å². The normalized spacial score (nSPS) is 14.4. The Morgan fingerprint density at radius 2 is 1.85 bits per heavy atom. The van der Waals surface area contributed by atoms with Gasteiger partial charge in [-0.1, -0.05) is 17.7 Å². The Kier molecular flexibility index (Phi) is 5.84. The highest BCUT2D eigenvalue weighted by molar-refractivity contribution is 7.92. The van der Waals surface area contributed by atoms with Gasteiger partial charge in [0.25, 0.3) is 10.0 Å². The second-order valence-electron chi connectivity index (χ2n) is 8.10. The van der Waals surface area contributed by atoms with E-state index in [0.717, 1.165) is 35.4 Å². The van der Waals surface area contributed by atoms with Crippen LogP contribution in [0, 0.1) is 6.92 Å². The van der Waals surface area contributed by atoms with Gasteiger partial charge in [-0.05, 0) is 43.3 Å². The fraction of sp³-hybridized carbons (Fsp3) is 0.250. The summed E-state index contributed by atoms with van der Waals surface area (Å²) in [6.45, 7) is 4.72. The number of H-pyrrole nitrogens is 1. The lowest BCUT2D eigenvalue weighted by atomic mass is 10.1. The minimum absolute atomic E-state index is 0.129. The molecule has 0 unspecified atom stereocenters. The van der Waals surface area contributed by atoms with Crippen molar-refractivity contribution < 1.29 is 17.9 Å². The molecule has 176 valence electrons. The third kappa shape index (κ3) is 4.29. The lowest BCUT2D eigenvalue weighted by Crippen LogP contribution is -2.36. The summed E-state index contributed by atoms with van der Waals surface area (Å²) in [6, 6.07) is 13.9. The van der Waals surface area contributed by atoms with E-state index in [1.165, 1.54) is 6.07 Å². The van der Waals surface area contributed by atoms with Crippen LogP contribution >= 0.6 is 0 Å². The number of aromatic amines is 1. The summed E-state index contributed by atoms with van der Waals surface area (Å²) in [7, 11) is -2.25. The quantitative estimate of drug-likeness (QED) is 0.435. The van der Waals surface area contributed by atoms with E-state index in [2.05, 4.69) is 24.8 Å². The first-order valence-corrected chi connectivity index (χ1v) is 12.4. The van der Waals surface area contributed by atoms with E-state index in [1.807, 2.05) is 25.1 Å². The average molecular weight is 480 g/mol. The Labute approximate surface area is 197 Å². The van der Waals surface area contributed by atoms with Crippen LogP contribution in [-0.2, 0) is 14.8 Å². The molecule has 0 bridgehead atoms. The summed E-state index contributed by atoms with van der Waals surface area (Å²) < 4.78 is 39.8. The van der Waals surface area contributed by atoms with Crippen molar-refractivity contribution in [3.8, 4) is 16.9 Å². The number of pyridine rings is 1. The van der Waals surface area contributed by atoms with Crippen LogP contribution in [0.5, 0.6) is 5.75 Å². The van der Waals surface area contributed by atoms with Crippen LogP contribution in [0.2, 0.25) is 0 Å². The van der Waals surface area contributed by atoms with Gasteiger partial charge in [-0.25, -0.2) is 13.4 Å². The molecule has 0 aliphatic carbocycles. The summed E-state index contributed by atoms with van der Waals surface area (Å²) in [5, 5.41) is 8.28. The lowest BCUT2D eigenvalue weighted by molar-refractivity contribution is 0.122. The van der Waals surface area contributed by atoms with Gasteiger partial charge in [0.2, 0.25) is 0 Å². The molecule has 2 aromatic carbocycles. The average Bonchev–Trinajstić information content (AvgIpc) is 3.29. The Hall–Kier alpha value is -3.63. The molecular formula is C24H25N5O4S. The van der Waals surface area contributed by atoms with Gasteiger partial charge in [0.15, 0.2) is 11.5 Å². The number of fused-ring (bicyclic) bond motifs is 1. The highest BCUT2D eigenvalue weighted by Gasteiger charge is 2.21. The van der Waals surface area contributed by atoms with Gasteiger partial charge in [0.1, 0.15) is 5.75 Å². The van der Waals surface area contributed by atoms with Gasteiger partial charge >= 0.3 is 0 Å². The summed E-state index contributed by atoms with van der Waals surface area (Å²) in [6.07, 6.45) is 1.69. The monoisotopic (exact) mass is 479 g/mol. The molecule has 0 spiro atoms. The fourth-order valence-corrected chi connectivity index (χ4v) is 5.05. The van der Waals surface area contributed by atoms with Crippen LogP contribution in [0.25, 0.3) is 22.2 Å². The first-order chi connectivity index (χ1) is 16.4. The van der Waals surface area contributed by atoms with E-state index in [0.29, 0.717) is 35.9 Å². The molecule has 2 N–H and O–H groups in total. The maximum atomic E-state index is 13.1. The molecule has 1 fully saturated rings. The summed E-state index contributed by atoms with van der Waals surface area (Å²) in [5.74, 6) is 1.35. The molecule has 4 aromatic rings. The Morgan fingerprint density at radius 1 is 1.09 bits per heavy atom. The first kappa shape index (κ1) is 22.2. The molecule has 0 amide bonds. The zero-order valence-electron chi connectivity index (χ0n) is 18.9. The first-order valence-electron chi connectivity index (χ1n) is 10.9. The van der Waals surface area contributed by atoms with Gasteiger partial charge in [-0.3, -0.25) is 9.82 Å². The number of aryl methyl sites for hydroxylation is 1. The zero-order chi connectivity index (χ0) is 23.7. The second kappa shape index (κ2) is 8.96. The van der Waals surface area contributed by atoms with Gasteiger partial charge in [0.05, 0.1) is 30.6 Å². The van der Waals surface area contributed by atoms with Crippen LogP contribution in [-0.4, -0.2) is 57.0 Å². The zero-order valence-corrected chi connectivity index (χ0v) is 19.7. The largest absolute Gasteiger partial charge is 0.496 e. The van der Waals surface area contributed by atoms with Gasteiger partial charge in [-0.15, -0.1) is 0 Å². The van der Waals surface area contributed by atoms with E-state index in [4.69, 9.17) is 9.47 Å². The van der Waals surface area contributed by atoms with Gasteiger partial charge in [-0.2, -0.15) is 5.10 Å². The lowest BCUT2D eigenvalue weighted by Gasteiger charge is -2.26. The number of ether oxygens (including phenoxy) is 2. The molecule has 1 aliphatic rings. The highest BCUT2D eigenvalue weighted by atomic mass is 32.2. The third-order valence-corrected chi connectivity index (χ3v) is 7.18. The molecule has 0 saturated carbocycles. The molecule has 0 radical (unpaired) electrons. The van der Waals surface area contributed by atoms with Crippen molar-refractivity contribution in [3.05, 3.63) is 60.3 Å². The highest BCUT2D eigenvalue weighted by Crippen LogP contribution is 2.35. The molecule has 10 heteroatoms. The fourth-order valence-electron chi connectivity index (χ4n) is 3.97. The van der Waals surface area contributed by atoms with E-state index >= 15 is 0 Å². The second-order valence-corrected chi connectivity index (χ2v) is 9.78. The topological polar surface area (TPSA) is 109 Å². The van der Waals surface area contributed by atoms with Gasteiger partial charge in [0, 0.05) is 36.1 Å². The molecule has 34 heavy (non-hydrogen) atoms. The number of rotatable bonds is 6. The maximum Gasteiger partial charge on any atom is 0.261 e. The van der Waals surface area contributed by atoms with E-state index in [9.17, 15) is 8.42 Å². The minimum Gasteiger partial charge on any atom is -0.496 e. The standard InChI is InChI=1S/C24H25N5O4S/c1-16-3-5-18(6-4-16)28-34(30,31)19-7-8-22(32-2)20(14-19)17-13-21-23(25-15-17)26-27-24(21)29-9-11-33-12-10-29/h3-8,13-15,28H,9-12H2,1-2H3,(H,25,26,27). The van der Waals surface area contributed by atoms with Crippen molar-refractivity contribution in [2.24, 2.45) is 0 Å². The number of hydrogen-bond acceptors (Lipinski definition) is 7. The number of methoxy groups -OCH3 is 1. The summed E-state index contributed by atoms with van der Waals surface area (Å²) in [5.41, 5.74) is 3.56. The van der Waals surface area contributed by atoms with Crippen molar-refractivity contribution in [1.82, 2.24) is 15.2 Å². The number of nitrogens with zero attached hydrogens (tertiary/aromatic N) is 3. The summed E-state index contributed by atoms with van der Waals surface area (Å²) >= 11 is 0. The van der Waals surface area contributed by atoms with E-state index in [1.54, 1.807) is 37.6 Å². The van der Waals surface area contributed by atoms with Gasteiger partial charge < -0.3 is 14.4 Å². The van der Waals surface area contributed by atoms with Crippen molar-refractivity contribution in [2.75, 3.05) is 43.0 Å². The molecule has 9 nitrogen and oxygen atoms in total. The molecule has 2 aromatic heterocycles. The van der Waals surface area contributed by atoms with Crippen LogP contribution in [0.3, 0.4) is 0 Å². The predicted octanol–water partition coefficient (Wildman–Crippen LogP) is 3.58. The molecule has 1 aliphatic heterocycles. The van der Waals surface area contributed by atoms with E-state index < -0.39 is 10.0 Å². The van der Waals surface area contributed by atoms with Crippen molar-refractivity contribution >= 4 is 32.6 Å². The SMILES string of the molecule is COc1ccc(S(=O)(=O)Nc2ccc(C)cc2)cc1-c1cnc2[nH]nc(N3CCOCC3)c2c1.